The van der Waals surface area contributed by atoms with Gasteiger partial charge in [-0.25, -0.2) is 4.79 Å². The van der Waals surface area contributed by atoms with Crippen LogP contribution in [0.25, 0.3) is 0 Å². The number of carbonyl (C=O) groups excluding carboxylic acids is 2. The molecule has 3 aliphatic rings. The van der Waals surface area contributed by atoms with E-state index in [1.807, 2.05) is 6.07 Å². The first-order valence-electron chi connectivity index (χ1n) is 15.0. The van der Waals surface area contributed by atoms with Crippen molar-refractivity contribution in [3.8, 4) is 5.75 Å². The number of carbonyl (C=O) groups is 2. The smallest absolute Gasteiger partial charge is 0.337 e. The van der Waals surface area contributed by atoms with Crippen molar-refractivity contribution >= 4 is 11.8 Å². The van der Waals surface area contributed by atoms with Crippen LogP contribution in [-0.2, 0) is 20.7 Å². The number of rotatable bonds is 7. The Morgan fingerprint density at radius 3 is 2.52 bits per heavy atom. The van der Waals surface area contributed by atoms with E-state index in [1.165, 1.54) is 22.3 Å². The highest BCUT2D eigenvalue weighted by molar-refractivity contribution is 6.04. The fourth-order valence-electron chi connectivity index (χ4n) is 7.17. The average Bonchev–Trinajstić information content (AvgIpc) is 3.39. The first kappa shape index (κ1) is 28.2. The van der Waals surface area contributed by atoms with Crippen molar-refractivity contribution in [2.24, 2.45) is 5.92 Å². The Hall–Kier alpha value is -3.34. The number of aryl methyl sites for hydroxylation is 3. The molecule has 5 heteroatoms. The van der Waals surface area contributed by atoms with Crippen LogP contribution in [0.4, 0.5) is 0 Å². The monoisotopic (exact) mass is 541 g/mol. The van der Waals surface area contributed by atoms with Gasteiger partial charge in [-0.05, 0) is 105 Å². The van der Waals surface area contributed by atoms with Crippen molar-refractivity contribution in [1.82, 2.24) is 5.32 Å². The fraction of sp³-hybridized carbons (Fsp3) is 0.486. The lowest BCUT2D eigenvalue weighted by Gasteiger charge is -2.38. The summed E-state index contributed by atoms with van der Waals surface area (Å²) in [6.45, 7) is 10.7. The minimum absolute atomic E-state index is 0.0592. The van der Waals surface area contributed by atoms with Crippen molar-refractivity contribution in [3.63, 3.8) is 0 Å². The number of hydrogen-bond acceptors (Lipinski definition) is 5. The second kappa shape index (κ2) is 11.6. The fourth-order valence-corrected chi connectivity index (χ4v) is 7.17. The minimum atomic E-state index is -0.566. The van der Waals surface area contributed by atoms with E-state index in [9.17, 15) is 14.7 Å². The number of ketones is 1. The van der Waals surface area contributed by atoms with Crippen LogP contribution >= 0.6 is 0 Å². The molecule has 40 heavy (non-hydrogen) atoms. The molecule has 2 atom stereocenters. The number of dihydropyridines is 1. The lowest BCUT2D eigenvalue weighted by atomic mass is 9.70. The number of ether oxygens (including phenoxy) is 1. The van der Waals surface area contributed by atoms with E-state index in [2.05, 4.69) is 52.1 Å². The summed E-state index contributed by atoms with van der Waals surface area (Å²) in [5.41, 5.74) is 8.74. The molecule has 0 spiro atoms. The van der Waals surface area contributed by atoms with Crippen molar-refractivity contribution in [3.05, 3.63) is 86.8 Å². The van der Waals surface area contributed by atoms with Gasteiger partial charge in [0.25, 0.3) is 0 Å². The summed E-state index contributed by atoms with van der Waals surface area (Å²) in [5, 5.41) is 14.1. The molecule has 0 radical (unpaired) electrons. The van der Waals surface area contributed by atoms with Gasteiger partial charge in [-0.3, -0.25) is 4.79 Å². The van der Waals surface area contributed by atoms with Gasteiger partial charge < -0.3 is 15.2 Å². The summed E-state index contributed by atoms with van der Waals surface area (Å²) in [6, 6.07) is 11.5. The molecule has 2 aromatic rings. The maximum absolute atomic E-state index is 14.2. The minimum Gasteiger partial charge on any atom is -0.508 e. The van der Waals surface area contributed by atoms with E-state index in [-0.39, 0.29) is 29.5 Å². The van der Waals surface area contributed by atoms with Gasteiger partial charge in [0.15, 0.2) is 5.78 Å². The molecule has 2 N–H and O–H groups in total. The summed E-state index contributed by atoms with van der Waals surface area (Å²) in [7, 11) is 0. The highest BCUT2D eigenvalue weighted by Gasteiger charge is 2.43. The van der Waals surface area contributed by atoms with Gasteiger partial charge in [0.1, 0.15) is 11.9 Å². The van der Waals surface area contributed by atoms with Crippen molar-refractivity contribution in [2.45, 2.75) is 104 Å². The van der Waals surface area contributed by atoms with E-state index in [0.29, 0.717) is 36.3 Å². The van der Waals surface area contributed by atoms with Gasteiger partial charge in [0, 0.05) is 29.3 Å². The molecule has 0 amide bonds. The number of esters is 1. The summed E-state index contributed by atoms with van der Waals surface area (Å²) in [6.07, 6.45) is 6.52. The number of phenols is 1. The molecule has 2 aliphatic carbocycles. The molecule has 0 saturated heterocycles. The van der Waals surface area contributed by atoms with Gasteiger partial charge in [0.05, 0.1) is 5.57 Å². The van der Waals surface area contributed by atoms with Crippen LogP contribution in [0, 0.1) is 19.8 Å². The van der Waals surface area contributed by atoms with Gasteiger partial charge in [-0.1, -0.05) is 50.6 Å². The maximum Gasteiger partial charge on any atom is 0.337 e. The molecule has 1 saturated carbocycles. The van der Waals surface area contributed by atoms with Gasteiger partial charge >= 0.3 is 5.97 Å². The second-order valence-corrected chi connectivity index (χ2v) is 12.4. The number of Topliss-reactive ketones (excluding diaryl/α,β-unsaturated/α-hetero) is 1. The normalized spacial score (nSPS) is 21.6. The van der Waals surface area contributed by atoms with Gasteiger partial charge in [-0.2, -0.15) is 0 Å². The lowest BCUT2D eigenvalue weighted by Crippen LogP contribution is -2.37. The van der Waals surface area contributed by atoms with Crippen LogP contribution in [0.1, 0.15) is 105 Å². The third-order valence-corrected chi connectivity index (χ3v) is 8.73. The molecular weight excluding hydrogens is 498 g/mol. The summed E-state index contributed by atoms with van der Waals surface area (Å²) < 4.78 is 6.07. The summed E-state index contributed by atoms with van der Waals surface area (Å²) in [5.74, 6) is -0.354. The Bertz CT molecular complexity index is 1380. The third-order valence-electron chi connectivity index (χ3n) is 8.73. The Morgan fingerprint density at radius 2 is 1.85 bits per heavy atom. The standard InChI is InChI=1S/C35H43NO4/c1-6-23-16-21(4)15-22(5)31(23)25-18-29-33(30(38)19-25)32(24-10-9-11-26(37)17-24)34(28(36-29)14-20(2)3)35(39)40-27-12-7-8-13-27/h9-11,15-17,20,25,27,32,36-37H,6-8,12-14,18-19H2,1-5H3. The quantitative estimate of drug-likeness (QED) is 0.356. The Morgan fingerprint density at radius 1 is 1.10 bits per heavy atom. The number of allylic oxidation sites excluding steroid dienone is 3. The Balaban J connectivity index is 1.62. The number of phenolic OH excluding ortho intramolecular Hbond substituents is 1. The summed E-state index contributed by atoms with van der Waals surface area (Å²) in [4.78, 5) is 28.1. The first-order chi connectivity index (χ1) is 19.2. The zero-order valence-corrected chi connectivity index (χ0v) is 24.6. The molecule has 1 fully saturated rings. The maximum atomic E-state index is 14.2. The predicted octanol–water partition coefficient (Wildman–Crippen LogP) is 7.45. The largest absolute Gasteiger partial charge is 0.508 e. The molecular formula is C35H43NO4. The lowest BCUT2D eigenvalue weighted by molar-refractivity contribution is -0.144. The zero-order valence-electron chi connectivity index (χ0n) is 24.6. The van der Waals surface area contributed by atoms with E-state index in [1.54, 1.807) is 18.2 Å². The van der Waals surface area contributed by atoms with E-state index in [4.69, 9.17) is 4.74 Å². The van der Waals surface area contributed by atoms with Crippen LogP contribution in [0.5, 0.6) is 5.75 Å². The molecule has 2 aromatic carbocycles. The number of aromatic hydroxyl groups is 1. The van der Waals surface area contributed by atoms with Gasteiger partial charge in [-0.15, -0.1) is 0 Å². The van der Waals surface area contributed by atoms with Crippen LogP contribution in [0.15, 0.2) is 58.9 Å². The van der Waals surface area contributed by atoms with Crippen LogP contribution in [0.3, 0.4) is 0 Å². The highest BCUT2D eigenvalue weighted by atomic mass is 16.5. The molecule has 212 valence electrons. The molecule has 2 unspecified atom stereocenters. The van der Waals surface area contributed by atoms with E-state index >= 15 is 0 Å². The molecule has 5 rings (SSSR count). The average molecular weight is 542 g/mol. The molecule has 0 bridgehead atoms. The molecule has 0 aromatic heterocycles. The Labute approximate surface area is 238 Å². The second-order valence-electron chi connectivity index (χ2n) is 12.4. The number of benzene rings is 2. The number of nitrogens with one attached hydrogen (secondary N) is 1. The van der Waals surface area contributed by atoms with Crippen molar-refractivity contribution in [1.29, 1.82) is 0 Å². The molecule has 1 aliphatic heterocycles. The first-order valence-corrected chi connectivity index (χ1v) is 15.0. The topological polar surface area (TPSA) is 75.6 Å². The third kappa shape index (κ3) is 5.61. The van der Waals surface area contributed by atoms with E-state index < -0.39 is 5.92 Å². The highest BCUT2D eigenvalue weighted by Crippen LogP contribution is 2.48. The van der Waals surface area contributed by atoms with Crippen LogP contribution in [-0.4, -0.2) is 23.0 Å². The van der Waals surface area contributed by atoms with Crippen LogP contribution < -0.4 is 5.32 Å². The van der Waals surface area contributed by atoms with Crippen molar-refractivity contribution in [2.75, 3.05) is 0 Å². The van der Waals surface area contributed by atoms with Crippen LogP contribution in [0.2, 0.25) is 0 Å². The number of hydrogen-bond donors (Lipinski definition) is 2. The Kier molecular flexibility index (Phi) is 8.21. The summed E-state index contributed by atoms with van der Waals surface area (Å²) >= 11 is 0. The molecule has 5 nitrogen and oxygen atoms in total. The predicted molar refractivity (Wildman–Crippen MR) is 158 cm³/mol. The SMILES string of the molecule is CCc1cc(C)cc(C)c1C1CC(=O)C2=C(C1)NC(CC(C)C)=C(C(=O)OC1CCCC1)C2c1cccc(O)c1. The van der Waals surface area contributed by atoms with Crippen molar-refractivity contribution < 1.29 is 19.4 Å². The zero-order chi connectivity index (χ0) is 28.6. The molecule has 1 heterocycles. The van der Waals surface area contributed by atoms with Gasteiger partial charge in [0.2, 0.25) is 0 Å². The van der Waals surface area contributed by atoms with E-state index in [0.717, 1.165) is 49.1 Å².